The molecule has 1 heterocycles. The van der Waals surface area contributed by atoms with Gasteiger partial charge >= 0.3 is 0 Å². The Labute approximate surface area is 127 Å². The number of carbonyl (C=O) groups is 1. The van der Waals surface area contributed by atoms with Gasteiger partial charge in [0.1, 0.15) is 0 Å². The average molecular weight is 342 g/mol. The van der Waals surface area contributed by atoms with Crippen LogP contribution in [0.3, 0.4) is 0 Å². The van der Waals surface area contributed by atoms with Gasteiger partial charge in [-0.25, -0.2) is 0 Å². The lowest BCUT2D eigenvalue weighted by Gasteiger charge is -2.20. The summed E-state index contributed by atoms with van der Waals surface area (Å²) in [4.78, 5) is 11.9. The summed E-state index contributed by atoms with van der Waals surface area (Å²) in [6, 6.07) is 8.31. The van der Waals surface area contributed by atoms with Gasteiger partial charge in [-0.3, -0.25) is 4.79 Å². The first kappa shape index (κ1) is 14.9. The molecule has 0 aliphatic carbocycles. The molecule has 0 radical (unpaired) electrons. The lowest BCUT2D eigenvalue weighted by molar-refractivity contribution is -0.122. The standard InChI is InChI=1S/C15H20BrNOS/c16-10-13-2-1-3-14(8-13)11-17-15(18)9-12-4-6-19-7-5-12/h1-3,8,12H,4-7,9-11H2,(H,17,18). The Bertz CT molecular complexity index is 418. The van der Waals surface area contributed by atoms with E-state index in [0.29, 0.717) is 18.9 Å². The van der Waals surface area contributed by atoms with Crippen LogP contribution in [0, 0.1) is 5.92 Å². The molecule has 0 bridgehead atoms. The van der Waals surface area contributed by atoms with Gasteiger partial charge in [0.2, 0.25) is 5.91 Å². The van der Waals surface area contributed by atoms with E-state index in [1.54, 1.807) is 0 Å². The van der Waals surface area contributed by atoms with E-state index in [1.807, 2.05) is 17.8 Å². The van der Waals surface area contributed by atoms with Gasteiger partial charge in [-0.2, -0.15) is 11.8 Å². The number of hydrogen-bond donors (Lipinski definition) is 1. The largest absolute Gasteiger partial charge is 0.352 e. The fourth-order valence-corrected chi connectivity index (χ4v) is 3.86. The second-order valence-electron chi connectivity index (χ2n) is 4.99. The SMILES string of the molecule is O=C(CC1CCSCC1)NCc1cccc(CBr)c1. The van der Waals surface area contributed by atoms with Crippen molar-refractivity contribution in [2.75, 3.05) is 11.5 Å². The van der Waals surface area contributed by atoms with Gasteiger partial charge in [0.05, 0.1) is 0 Å². The summed E-state index contributed by atoms with van der Waals surface area (Å²) in [5.74, 6) is 3.22. The molecule has 19 heavy (non-hydrogen) atoms. The smallest absolute Gasteiger partial charge is 0.220 e. The van der Waals surface area contributed by atoms with Gasteiger partial charge in [-0.15, -0.1) is 0 Å². The first-order valence-electron chi connectivity index (χ1n) is 6.76. The summed E-state index contributed by atoms with van der Waals surface area (Å²) in [6.07, 6.45) is 3.08. The van der Waals surface area contributed by atoms with Crippen LogP contribution in [0.15, 0.2) is 24.3 Å². The minimum absolute atomic E-state index is 0.196. The fourth-order valence-electron chi connectivity index (χ4n) is 2.31. The van der Waals surface area contributed by atoms with Crippen molar-refractivity contribution in [3.63, 3.8) is 0 Å². The normalized spacial score (nSPS) is 16.3. The Kier molecular flexibility index (Phi) is 6.24. The molecule has 1 aromatic carbocycles. The molecule has 1 amide bonds. The quantitative estimate of drug-likeness (QED) is 0.826. The molecular formula is C15H20BrNOS. The number of rotatable bonds is 5. The molecule has 4 heteroatoms. The maximum Gasteiger partial charge on any atom is 0.220 e. The number of halogens is 1. The van der Waals surface area contributed by atoms with E-state index in [2.05, 4.69) is 39.4 Å². The molecule has 1 aromatic rings. The molecule has 2 rings (SSSR count). The second-order valence-corrected chi connectivity index (χ2v) is 6.78. The van der Waals surface area contributed by atoms with Crippen LogP contribution in [0.5, 0.6) is 0 Å². The highest BCUT2D eigenvalue weighted by molar-refractivity contribution is 9.08. The zero-order valence-electron chi connectivity index (χ0n) is 11.0. The number of amides is 1. The molecule has 1 aliphatic rings. The summed E-state index contributed by atoms with van der Waals surface area (Å²) < 4.78 is 0. The van der Waals surface area contributed by atoms with Crippen LogP contribution in [0.2, 0.25) is 0 Å². The third kappa shape index (κ3) is 5.19. The van der Waals surface area contributed by atoms with Crippen LogP contribution in [0.1, 0.15) is 30.4 Å². The Morgan fingerprint density at radius 1 is 1.32 bits per heavy atom. The van der Waals surface area contributed by atoms with Crippen molar-refractivity contribution < 1.29 is 4.79 Å². The second kappa shape index (κ2) is 7.95. The molecule has 0 atom stereocenters. The van der Waals surface area contributed by atoms with Crippen LogP contribution in [-0.4, -0.2) is 17.4 Å². The average Bonchev–Trinajstić information content (AvgIpc) is 2.46. The van der Waals surface area contributed by atoms with Crippen molar-refractivity contribution in [1.29, 1.82) is 0 Å². The number of alkyl halides is 1. The van der Waals surface area contributed by atoms with E-state index in [-0.39, 0.29) is 5.91 Å². The van der Waals surface area contributed by atoms with E-state index in [0.717, 1.165) is 5.33 Å². The van der Waals surface area contributed by atoms with Gasteiger partial charge < -0.3 is 5.32 Å². The highest BCUT2D eigenvalue weighted by Crippen LogP contribution is 2.25. The third-order valence-electron chi connectivity index (χ3n) is 3.45. The Morgan fingerprint density at radius 2 is 2.05 bits per heavy atom. The number of thioether (sulfide) groups is 1. The molecule has 104 valence electrons. The first-order chi connectivity index (χ1) is 9.28. The van der Waals surface area contributed by atoms with Crippen molar-refractivity contribution in [2.24, 2.45) is 5.92 Å². The molecule has 1 aliphatic heterocycles. The van der Waals surface area contributed by atoms with Gasteiger partial charge in [-0.1, -0.05) is 40.2 Å². The molecule has 0 aromatic heterocycles. The van der Waals surface area contributed by atoms with Crippen molar-refractivity contribution in [1.82, 2.24) is 5.32 Å². The van der Waals surface area contributed by atoms with E-state index in [9.17, 15) is 4.79 Å². The van der Waals surface area contributed by atoms with Gasteiger partial charge in [0.25, 0.3) is 0 Å². The molecule has 1 N–H and O–H groups in total. The number of nitrogens with one attached hydrogen (secondary N) is 1. The summed E-state index contributed by atoms with van der Waals surface area (Å²) in [5.41, 5.74) is 2.42. The zero-order chi connectivity index (χ0) is 13.5. The van der Waals surface area contributed by atoms with Crippen LogP contribution < -0.4 is 5.32 Å². The van der Waals surface area contributed by atoms with Crippen LogP contribution in [0.4, 0.5) is 0 Å². The summed E-state index contributed by atoms with van der Waals surface area (Å²) in [7, 11) is 0. The van der Waals surface area contributed by atoms with Crippen molar-refractivity contribution in [2.45, 2.75) is 31.1 Å². The highest BCUT2D eigenvalue weighted by atomic mass is 79.9. The number of hydrogen-bond acceptors (Lipinski definition) is 2. The first-order valence-corrected chi connectivity index (χ1v) is 9.04. The van der Waals surface area contributed by atoms with E-state index >= 15 is 0 Å². The predicted octanol–water partition coefficient (Wildman–Crippen LogP) is 3.73. The molecule has 0 saturated carbocycles. The monoisotopic (exact) mass is 341 g/mol. The molecule has 1 fully saturated rings. The van der Waals surface area contributed by atoms with Crippen LogP contribution in [-0.2, 0) is 16.7 Å². The van der Waals surface area contributed by atoms with E-state index in [1.165, 1.54) is 35.5 Å². The van der Waals surface area contributed by atoms with Gasteiger partial charge in [-0.05, 0) is 41.4 Å². The third-order valence-corrected chi connectivity index (χ3v) is 5.15. The van der Waals surface area contributed by atoms with Crippen molar-refractivity contribution >= 4 is 33.6 Å². The lowest BCUT2D eigenvalue weighted by atomic mass is 9.98. The maximum atomic E-state index is 11.9. The van der Waals surface area contributed by atoms with Crippen molar-refractivity contribution in [3.05, 3.63) is 35.4 Å². The van der Waals surface area contributed by atoms with E-state index < -0.39 is 0 Å². The molecule has 0 unspecified atom stereocenters. The summed E-state index contributed by atoms with van der Waals surface area (Å²) in [5, 5.41) is 3.89. The van der Waals surface area contributed by atoms with Gasteiger partial charge in [0.15, 0.2) is 0 Å². The number of benzene rings is 1. The Morgan fingerprint density at radius 3 is 2.79 bits per heavy atom. The minimum Gasteiger partial charge on any atom is -0.352 e. The Hall–Kier alpha value is -0.480. The molecule has 1 saturated heterocycles. The molecule has 2 nitrogen and oxygen atoms in total. The maximum absolute atomic E-state index is 11.9. The highest BCUT2D eigenvalue weighted by Gasteiger charge is 2.16. The lowest BCUT2D eigenvalue weighted by Crippen LogP contribution is -2.26. The topological polar surface area (TPSA) is 29.1 Å². The number of carbonyl (C=O) groups excluding carboxylic acids is 1. The van der Waals surface area contributed by atoms with Crippen LogP contribution in [0.25, 0.3) is 0 Å². The summed E-state index contributed by atoms with van der Waals surface area (Å²) >= 11 is 5.45. The van der Waals surface area contributed by atoms with Crippen LogP contribution >= 0.6 is 27.7 Å². The minimum atomic E-state index is 0.196. The zero-order valence-corrected chi connectivity index (χ0v) is 13.4. The fraction of sp³-hybridized carbons (Fsp3) is 0.533. The Balaban J connectivity index is 1.76. The molecular weight excluding hydrogens is 322 g/mol. The summed E-state index contributed by atoms with van der Waals surface area (Å²) in [6.45, 7) is 0.640. The van der Waals surface area contributed by atoms with Crippen molar-refractivity contribution in [3.8, 4) is 0 Å². The van der Waals surface area contributed by atoms with Gasteiger partial charge in [0, 0.05) is 18.3 Å². The predicted molar refractivity (Wildman–Crippen MR) is 85.6 cm³/mol. The molecule has 0 spiro atoms. The van der Waals surface area contributed by atoms with E-state index in [4.69, 9.17) is 0 Å².